The van der Waals surface area contributed by atoms with Gasteiger partial charge < -0.3 is 9.73 Å². The molecule has 2 rings (SSSR count). The highest BCUT2D eigenvalue weighted by Crippen LogP contribution is 2.16. The van der Waals surface area contributed by atoms with Gasteiger partial charge in [-0.15, -0.1) is 10.2 Å². The number of nitrogens with zero attached hydrogens (tertiary/aromatic N) is 2. The van der Waals surface area contributed by atoms with E-state index in [0.29, 0.717) is 23.6 Å². The molecule has 1 unspecified atom stereocenters. The second kappa shape index (κ2) is 7.31. The summed E-state index contributed by atoms with van der Waals surface area (Å²) >= 11 is 1.88. The van der Waals surface area contributed by atoms with Gasteiger partial charge in [0.1, 0.15) is 0 Å². The fourth-order valence-corrected chi connectivity index (χ4v) is 1.99. The van der Waals surface area contributed by atoms with Gasteiger partial charge >= 0.3 is 0 Å². The quantitative estimate of drug-likeness (QED) is 0.789. The number of aromatic nitrogens is 2. The van der Waals surface area contributed by atoms with Gasteiger partial charge in [-0.3, -0.25) is 0 Å². The molecule has 1 atom stereocenters. The third-order valence-corrected chi connectivity index (χ3v) is 3.93. The van der Waals surface area contributed by atoms with Crippen molar-refractivity contribution in [3.63, 3.8) is 0 Å². The average molecular weight is 277 g/mol. The Morgan fingerprint density at radius 3 is 2.79 bits per heavy atom. The van der Waals surface area contributed by atoms with Gasteiger partial charge in [0.25, 0.3) is 0 Å². The summed E-state index contributed by atoms with van der Waals surface area (Å²) in [6, 6.07) is 9.81. The number of rotatable bonds is 7. The number of thioether (sulfide) groups is 1. The Labute approximate surface area is 118 Å². The molecule has 0 saturated heterocycles. The van der Waals surface area contributed by atoms with Crippen molar-refractivity contribution in [1.82, 2.24) is 15.5 Å². The highest BCUT2D eigenvalue weighted by molar-refractivity contribution is 7.99. The Kier molecular flexibility index (Phi) is 5.42. The SMILES string of the molecule is CSC(C)CCNCc1nnc(-c2ccccc2)o1. The molecule has 0 amide bonds. The van der Waals surface area contributed by atoms with Crippen LogP contribution in [0.4, 0.5) is 0 Å². The predicted molar refractivity (Wildman–Crippen MR) is 79.0 cm³/mol. The highest BCUT2D eigenvalue weighted by Gasteiger charge is 2.07. The molecule has 0 saturated carbocycles. The van der Waals surface area contributed by atoms with Gasteiger partial charge in [0, 0.05) is 10.8 Å². The van der Waals surface area contributed by atoms with Crippen LogP contribution < -0.4 is 5.32 Å². The van der Waals surface area contributed by atoms with Crippen LogP contribution in [-0.4, -0.2) is 28.2 Å². The van der Waals surface area contributed by atoms with Crippen LogP contribution in [0.25, 0.3) is 11.5 Å². The van der Waals surface area contributed by atoms with E-state index in [1.807, 2.05) is 42.1 Å². The molecule has 1 aromatic heterocycles. The molecule has 5 heteroatoms. The summed E-state index contributed by atoms with van der Waals surface area (Å²) in [4.78, 5) is 0. The van der Waals surface area contributed by atoms with Crippen molar-refractivity contribution in [2.24, 2.45) is 0 Å². The van der Waals surface area contributed by atoms with Crippen LogP contribution in [0.1, 0.15) is 19.2 Å². The standard InChI is InChI=1S/C14H19N3OS/c1-11(19-2)8-9-15-10-13-16-17-14(18-13)12-6-4-3-5-7-12/h3-7,11,15H,8-10H2,1-2H3. The summed E-state index contributed by atoms with van der Waals surface area (Å²) in [5, 5.41) is 12.1. The predicted octanol–water partition coefficient (Wildman–Crippen LogP) is 2.97. The van der Waals surface area contributed by atoms with Crippen LogP contribution in [-0.2, 0) is 6.54 Å². The molecule has 1 aromatic carbocycles. The maximum absolute atomic E-state index is 5.61. The lowest BCUT2D eigenvalue weighted by Gasteiger charge is -2.07. The molecule has 0 fully saturated rings. The van der Waals surface area contributed by atoms with Crippen LogP contribution in [0.2, 0.25) is 0 Å². The summed E-state index contributed by atoms with van der Waals surface area (Å²) in [6.07, 6.45) is 3.27. The van der Waals surface area contributed by atoms with Crippen molar-refractivity contribution in [1.29, 1.82) is 0 Å². The van der Waals surface area contributed by atoms with E-state index in [1.54, 1.807) is 0 Å². The average Bonchev–Trinajstić information content (AvgIpc) is 2.93. The minimum atomic E-state index is 0.579. The highest BCUT2D eigenvalue weighted by atomic mass is 32.2. The lowest BCUT2D eigenvalue weighted by molar-refractivity contribution is 0.475. The second-order valence-electron chi connectivity index (χ2n) is 4.38. The van der Waals surface area contributed by atoms with Crippen LogP contribution in [0.15, 0.2) is 34.7 Å². The Hall–Kier alpha value is -1.33. The van der Waals surface area contributed by atoms with E-state index < -0.39 is 0 Å². The number of hydrogen-bond acceptors (Lipinski definition) is 5. The monoisotopic (exact) mass is 277 g/mol. The van der Waals surface area contributed by atoms with E-state index in [4.69, 9.17) is 4.42 Å². The first-order valence-corrected chi connectivity index (χ1v) is 7.69. The van der Waals surface area contributed by atoms with Gasteiger partial charge in [0.15, 0.2) is 0 Å². The molecular formula is C14H19N3OS. The van der Waals surface area contributed by atoms with Gasteiger partial charge in [-0.1, -0.05) is 25.1 Å². The Balaban J connectivity index is 1.82. The van der Waals surface area contributed by atoms with Crippen LogP contribution in [0.5, 0.6) is 0 Å². The van der Waals surface area contributed by atoms with Gasteiger partial charge in [0.2, 0.25) is 11.8 Å². The molecule has 0 spiro atoms. The first kappa shape index (κ1) is 14.1. The molecule has 2 aromatic rings. The fourth-order valence-electron chi connectivity index (χ4n) is 1.64. The first-order valence-electron chi connectivity index (χ1n) is 6.41. The third kappa shape index (κ3) is 4.36. The lowest BCUT2D eigenvalue weighted by Crippen LogP contribution is -2.17. The molecule has 4 nitrogen and oxygen atoms in total. The van der Waals surface area contributed by atoms with Crippen LogP contribution in [0, 0.1) is 0 Å². The normalized spacial score (nSPS) is 12.5. The summed E-state index contributed by atoms with van der Waals surface area (Å²) in [7, 11) is 0. The van der Waals surface area contributed by atoms with Crippen molar-refractivity contribution >= 4 is 11.8 Å². The van der Waals surface area contributed by atoms with E-state index in [0.717, 1.165) is 18.5 Å². The first-order chi connectivity index (χ1) is 9.29. The van der Waals surface area contributed by atoms with E-state index in [1.165, 1.54) is 0 Å². The molecule has 1 N–H and O–H groups in total. The van der Waals surface area contributed by atoms with Crippen molar-refractivity contribution in [2.75, 3.05) is 12.8 Å². The molecule has 1 heterocycles. The van der Waals surface area contributed by atoms with Crippen LogP contribution in [0.3, 0.4) is 0 Å². The van der Waals surface area contributed by atoms with Crippen molar-refractivity contribution in [3.8, 4) is 11.5 Å². The second-order valence-corrected chi connectivity index (χ2v) is 5.65. The van der Waals surface area contributed by atoms with Crippen molar-refractivity contribution < 1.29 is 4.42 Å². The fraction of sp³-hybridized carbons (Fsp3) is 0.429. The minimum absolute atomic E-state index is 0.579. The zero-order chi connectivity index (χ0) is 13.5. The van der Waals surface area contributed by atoms with Crippen molar-refractivity contribution in [2.45, 2.75) is 25.1 Å². The van der Waals surface area contributed by atoms with E-state index >= 15 is 0 Å². The summed E-state index contributed by atoms with van der Waals surface area (Å²) in [6.45, 7) is 3.82. The largest absolute Gasteiger partial charge is 0.419 e. The Morgan fingerprint density at radius 2 is 2.05 bits per heavy atom. The Bertz CT molecular complexity index is 486. The van der Waals surface area contributed by atoms with Gasteiger partial charge in [-0.05, 0) is 31.4 Å². The summed E-state index contributed by atoms with van der Waals surface area (Å²) in [5.41, 5.74) is 0.956. The molecule has 0 aliphatic carbocycles. The molecule has 0 aliphatic rings. The Morgan fingerprint density at radius 1 is 1.26 bits per heavy atom. The molecular weight excluding hydrogens is 258 g/mol. The van der Waals surface area contributed by atoms with E-state index in [-0.39, 0.29) is 0 Å². The van der Waals surface area contributed by atoms with E-state index in [9.17, 15) is 0 Å². The third-order valence-electron chi connectivity index (χ3n) is 2.89. The van der Waals surface area contributed by atoms with E-state index in [2.05, 4.69) is 28.7 Å². The molecule has 0 radical (unpaired) electrons. The number of benzene rings is 1. The molecule has 0 aliphatic heterocycles. The summed E-state index contributed by atoms with van der Waals surface area (Å²) < 4.78 is 5.61. The van der Waals surface area contributed by atoms with Gasteiger partial charge in [-0.2, -0.15) is 11.8 Å². The number of nitrogens with one attached hydrogen (secondary N) is 1. The van der Waals surface area contributed by atoms with Crippen LogP contribution >= 0.6 is 11.8 Å². The molecule has 0 bridgehead atoms. The smallest absolute Gasteiger partial charge is 0.247 e. The zero-order valence-electron chi connectivity index (χ0n) is 11.3. The van der Waals surface area contributed by atoms with Gasteiger partial charge in [-0.25, -0.2) is 0 Å². The number of hydrogen-bond donors (Lipinski definition) is 1. The molecule has 102 valence electrons. The van der Waals surface area contributed by atoms with Gasteiger partial charge in [0.05, 0.1) is 6.54 Å². The minimum Gasteiger partial charge on any atom is -0.419 e. The lowest BCUT2D eigenvalue weighted by atomic mass is 10.2. The maximum atomic E-state index is 5.61. The topological polar surface area (TPSA) is 51.0 Å². The zero-order valence-corrected chi connectivity index (χ0v) is 12.1. The van der Waals surface area contributed by atoms with Crippen molar-refractivity contribution in [3.05, 3.63) is 36.2 Å². The summed E-state index contributed by atoms with van der Waals surface area (Å²) in [5.74, 6) is 1.21. The molecule has 19 heavy (non-hydrogen) atoms. The maximum Gasteiger partial charge on any atom is 0.247 e.